The summed E-state index contributed by atoms with van der Waals surface area (Å²) in [4.78, 5) is 30.2. The average molecular weight is 466 g/mol. The van der Waals surface area contributed by atoms with Crippen LogP contribution in [0.1, 0.15) is 40.5 Å². The lowest BCUT2D eigenvalue weighted by atomic mass is 10.2. The number of nitrogens with zero attached hydrogens (tertiary/aromatic N) is 4. The van der Waals surface area contributed by atoms with Gasteiger partial charge < -0.3 is 14.6 Å². The molecule has 11 heteroatoms. The number of thiophene rings is 1. The van der Waals surface area contributed by atoms with Crippen molar-refractivity contribution in [3.05, 3.63) is 26.9 Å². The number of hydrogen-bond acceptors (Lipinski definition) is 9. The lowest BCUT2D eigenvalue weighted by molar-refractivity contribution is -0.113. The maximum absolute atomic E-state index is 12.3. The highest BCUT2D eigenvalue weighted by Crippen LogP contribution is 2.28. The summed E-state index contributed by atoms with van der Waals surface area (Å²) in [6.45, 7) is 5.91. The first-order chi connectivity index (χ1) is 14.4. The van der Waals surface area contributed by atoms with Gasteiger partial charge in [-0.15, -0.1) is 21.5 Å². The Morgan fingerprint density at radius 2 is 2.10 bits per heavy atom. The van der Waals surface area contributed by atoms with Gasteiger partial charge in [-0.1, -0.05) is 36.4 Å². The Morgan fingerprint density at radius 1 is 1.30 bits per heavy atom. The van der Waals surface area contributed by atoms with Crippen molar-refractivity contribution in [2.24, 2.45) is 7.05 Å². The van der Waals surface area contributed by atoms with Crippen LogP contribution in [0.4, 0.5) is 5.13 Å². The second kappa shape index (κ2) is 10.2. The summed E-state index contributed by atoms with van der Waals surface area (Å²) in [6.07, 6.45) is 2.16. The first kappa shape index (κ1) is 22.4. The molecule has 1 N–H and O–H groups in total. The van der Waals surface area contributed by atoms with E-state index in [1.165, 1.54) is 16.6 Å². The number of thioether (sulfide) groups is 1. The van der Waals surface area contributed by atoms with Crippen molar-refractivity contribution in [3.8, 4) is 11.4 Å². The van der Waals surface area contributed by atoms with Crippen LogP contribution in [0.5, 0.6) is 0 Å². The number of hydrogen-bond donors (Lipinski definition) is 1. The smallest absolute Gasteiger partial charge is 0.350 e. The summed E-state index contributed by atoms with van der Waals surface area (Å²) < 4.78 is 6.89. The SMILES string of the molecule is CCCc1cc(-c2nnc(SCC(=O)Nc3nc(C)c(C(=O)OCC)s3)n2C)cs1. The van der Waals surface area contributed by atoms with E-state index in [9.17, 15) is 9.59 Å². The van der Waals surface area contributed by atoms with Crippen LogP contribution in [0.15, 0.2) is 16.6 Å². The molecule has 3 rings (SSSR count). The van der Waals surface area contributed by atoms with Gasteiger partial charge >= 0.3 is 5.97 Å². The predicted octanol–water partition coefficient (Wildman–Crippen LogP) is 4.17. The number of amides is 1. The maximum Gasteiger partial charge on any atom is 0.350 e. The Hall–Kier alpha value is -2.24. The van der Waals surface area contributed by atoms with Gasteiger partial charge in [0.15, 0.2) is 16.1 Å². The molecule has 0 spiro atoms. The van der Waals surface area contributed by atoms with Gasteiger partial charge in [0.1, 0.15) is 4.88 Å². The Kier molecular flexibility index (Phi) is 7.62. The van der Waals surface area contributed by atoms with E-state index in [1.807, 2.05) is 11.6 Å². The van der Waals surface area contributed by atoms with Crippen LogP contribution in [0, 0.1) is 6.92 Å². The highest BCUT2D eigenvalue weighted by Gasteiger charge is 2.18. The zero-order chi connectivity index (χ0) is 21.7. The van der Waals surface area contributed by atoms with Gasteiger partial charge in [0.2, 0.25) is 5.91 Å². The fraction of sp³-hybridized carbons (Fsp3) is 0.421. The largest absolute Gasteiger partial charge is 0.462 e. The molecule has 3 aromatic rings. The number of carbonyl (C=O) groups excluding carboxylic acids is 2. The number of ether oxygens (including phenoxy) is 1. The molecule has 0 bridgehead atoms. The van der Waals surface area contributed by atoms with Crippen LogP contribution in [-0.2, 0) is 23.0 Å². The monoisotopic (exact) mass is 465 g/mol. The Balaban J connectivity index is 1.59. The van der Waals surface area contributed by atoms with Gasteiger partial charge in [-0.05, 0) is 26.3 Å². The summed E-state index contributed by atoms with van der Waals surface area (Å²) in [6, 6.07) is 2.14. The Morgan fingerprint density at radius 3 is 2.83 bits per heavy atom. The molecule has 0 aliphatic carbocycles. The second-order valence-corrected chi connectivity index (χ2v) is 9.35. The van der Waals surface area contributed by atoms with Crippen LogP contribution in [0.3, 0.4) is 0 Å². The van der Waals surface area contributed by atoms with Gasteiger partial charge in [0.25, 0.3) is 0 Å². The number of aryl methyl sites for hydroxylation is 2. The topological polar surface area (TPSA) is 99.0 Å². The number of carbonyl (C=O) groups is 2. The van der Waals surface area contributed by atoms with Crippen LogP contribution in [0.2, 0.25) is 0 Å². The van der Waals surface area contributed by atoms with E-state index in [1.54, 1.807) is 25.2 Å². The highest BCUT2D eigenvalue weighted by molar-refractivity contribution is 7.99. The zero-order valence-electron chi connectivity index (χ0n) is 17.2. The molecular weight excluding hydrogens is 442 g/mol. The third-order valence-electron chi connectivity index (χ3n) is 4.08. The fourth-order valence-corrected chi connectivity index (χ4v) is 5.24. The summed E-state index contributed by atoms with van der Waals surface area (Å²) in [7, 11) is 1.89. The van der Waals surface area contributed by atoms with Crippen LogP contribution < -0.4 is 5.32 Å². The van der Waals surface area contributed by atoms with Gasteiger partial charge in [-0.3, -0.25) is 4.79 Å². The summed E-state index contributed by atoms with van der Waals surface area (Å²) in [5.41, 5.74) is 1.58. The number of esters is 1. The lowest BCUT2D eigenvalue weighted by Gasteiger charge is -2.03. The molecule has 0 aromatic carbocycles. The molecule has 0 saturated carbocycles. The quantitative estimate of drug-likeness (QED) is 0.374. The van der Waals surface area contributed by atoms with Crippen molar-refractivity contribution in [2.75, 3.05) is 17.7 Å². The number of anilines is 1. The molecule has 0 aliphatic rings. The molecule has 3 aromatic heterocycles. The van der Waals surface area contributed by atoms with E-state index < -0.39 is 5.97 Å². The van der Waals surface area contributed by atoms with E-state index in [4.69, 9.17) is 4.74 Å². The van der Waals surface area contributed by atoms with E-state index in [0.29, 0.717) is 27.5 Å². The van der Waals surface area contributed by atoms with Crippen LogP contribution in [0.25, 0.3) is 11.4 Å². The van der Waals surface area contributed by atoms with Gasteiger partial charge in [0, 0.05) is 22.9 Å². The van der Waals surface area contributed by atoms with E-state index in [0.717, 1.165) is 35.6 Å². The molecule has 160 valence electrons. The molecule has 0 unspecified atom stereocenters. The lowest BCUT2D eigenvalue weighted by Crippen LogP contribution is -2.14. The molecule has 0 aliphatic heterocycles. The first-order valence-corrected chi connectivity index (χ1v) is 12.1. The van der Waals surface area contributed by atoms with Crippen molar-refractivity contribution in [2.45, 2.75) is 38.8 Å². The highest BCUT2D eigenvalue weighted by atomic mass is 32.2. The standard InChI is InChI=1S/C19H23N5O3S3/c1-5-7-13-8-12(9-28-13)16-22-23-19(24(16)4)29-10-14(25)21-18-20-11(3)15(30-18)17(26)27-6-2/h8-9H,5-7,10H2,1-4H3,(H,20,21,25). The van der Waals surface area contributed by atoms with Crippen molar-refractivity contribution in [3.63, 3.8) is 0 Å². The molecule has 1 amide bonds. The van der Waals surface area contributed by atoms with Crippen LogP contribution in [-0.4, -0.2) is 44.0 Å². The van der Waals surface area contributed by atoms with Crippen molar-refractivity contribution in [1.29, 1.82) is 0 Å². The number of aromatic nitrogens is 4. The molecule has 0 radical (unpaired) electrons. The summed E-state index contributed by atoms with van der Waals surface area (Å²) in [5, 5.41) is 14.3. The van der Waals surface area contributed by atoms with Gasteiger partial charge in [-0.2, -0.15) is 0 Å². The average Bonchev–Trinajstić information content (AvgIpc) is 3.40. The fourth-order valence-electron chi connectivity index (χ4n) is 2.69. The molecule has 30 heavy (non-hydrogen) atoms. The number of rotatable bonds is 9. The Bertz CT molecular complexity index is 1040. The third-order valence-corrected chi connectivity index (χ3v) is 7.15. The molecule has 0 atom stereocenters. The van der Waals surface area contributed by atoms with Gasteiger partial charge in [0.05, 0.1) is 18.1 Å². The zero-order valence-corrected chi connectivity index (χ0v) is 19.7. The minimum absolute atomic E-state index is 0.157. The number of thiazole rings is 1. The molecule has 3 heterocycles. The van der Waals surface area contributed by atoms with Crippen molar-refractivity contribution < 1.29 is 14.3 Å². The van der Waals surface area contributed by atoms with Crippen LogP contribution >= 0.6 is 34.4 Å². The first-order valence-electron chi connectivity index (χ1n) is 9.47. The normalized spacial score (nSPS) is 10.9. The minimum atomic E-state index is -0.426. The maximum atomic E-state index is 12.3. The van der Waals surface area contributed by atoms with E-state index >= 15 is 0 Å². The molecule has 0 saturated heterocycles. The Labute approximate surface area is 187 Å². The van der Waals surface area contributed by atoms with Gasteiger partial charge in [-0.25, -0.2) is 9.78 Å². The second-order valence-electron chi connectivity index (χ2n) is 6.41. The summed E-state index contributed by atoms with van der Waals surface area (Å²) >= 11 is 4.13. The minimum Gasteiger partial charge on any atom is -0.462 e. The molecular formula is C19H23N5O3S3. The molecule has 8 nitrogen and oxygen atoms in total. The van der Waals surface area contributed by atoms with Crippen molar-refractivity contribution >= 4 is 51.4 Å². The molecule has 0 fully saturated rings. The third kappa shape index (κ3) is 5.27. The van der Waals surface area contributed by atoms with E-state index in [2.05, 4.69) is 38.9 Å². The van der Waals surface area contributed by atoms with Crippen molar-refractivity contribution in [1.82, 2.24) is 19.7 Å². The summed E-state index contributed by atoms with van der Waals surface area (Å²) in [5.74, 6) is 0.287. The predicted molar refractivity (Wildman–Crippen MR) is 120 cm³/mol. The van der Waals surface area contributed by atoms with E-state index in [-0.39, 0.29) is 11.7 Å². The number of nitrogens with one attached hydrogen (secondary N) is 1.